The smallest absolute Gasteiger partial charge is 0.360 e. The van der Waals surface area contributed by atoms with E-state index in [0.717, 1.165) is 86.6 Å². The quantitative estimate of drug-likeness (QED) is 0.0951. The lowest BCUT2D eigenvalue weighted by Gasteiger charge is -2.49. The Morgan fingerprint density at radius 2 is 1.82 bits per heavy atom. The predicted octanol–water partition coefficient (Wildman–Crippen LogP) is 7.63. The summed E-state index contributed by atoms with van der Waals surface area (Å²) in [6, 6.07) is 0.528. The monoisotopic (exact) mass is 630 g/mol. The van der Waals surface area contributed by atoms with Gasteiger partial charge in [0.25, 0.3) is 0 Å². The Morgan fingerprint density at radius 3 is 2.39 bits per heavy atom. The zero-order valence-corrected chi connectivity index (χ0v) is 29.1. The number of hydrogen-bond acceptors (Lipinski definition) is 4. The molecular formula is C34H64F3N6O+. The van der Waals surface area contributed by atoms with Gasteiger partial charge >= 0.3 is 6.18 Å². The van der Waals surface area contributed by atoms with Gasteiger partial charge in [-0.15, -0.1) is 0 Å². The first-order chi connectivity index (χ1) is 20.8. The minimum absolute atomic E-state index is 0.0473. The van der Waals surface area contributed by atoms with Gasteiger partial charge in [0.15, 0.2) is 5.84 Å². The average Bonchev–Trinajstić information content (AvgIpc) is 3.18. The van der Waals surface area contributed by atoms with Crippen LogP contribution in [0.3, 0.4) is 0 Å². The lowest BCUT2D eigenvalue weighted by molar-refractivity contribution is -0.952. The third-order valence-electron chi connectivity index (χ3n) is 8.26. The fourth-order valence-electron chi connectivity index (χ4n) is 5.74. The van der Waals surface area contributed by atoms with Crippen LogP contribution < -0.4 is 11.1 Å². The number of hydrogen-bond donors (Lipinski definition) is 2. The van der Waals surface area contributed by atoms with Crippen molar-refractivity contribution in [3.05, 3.63) is 23.5 Å². The number of carbonyl (C=O) groups is 1. The Balaban J connectivity index is 0.00000284. The molecule has 3 N–H and O–H groups in total. The molecule has 0 saturated carbocycles. The van der Waals surface area contributed by atoms with Crippen LogP contribution in [0.5, 0.6) is 0 Å². The second-order valence-corrected chi connectivity index (χ2v) is 12.6. The van der Waals surface area contributed by atoms with Crippen LogP contribution in [0.15, 0.2) is 33.5 Å². The van der Waals surface area contributed by atoms with E-state index < -0.39 is 17.6 Å². The van der Waals surface area contributed by atoms with E-state index in [4.69, 9.17) is 0 Å². The second-order valence-electron chi connectivity index (χ2n) is 12.6. The van der Waals surface area contributed by atoms with Crippen LogP contribution in [0, 0.1) is 5.92 Å². The van der Waals surface area contributed by atoms with Gasteiger partial charge in [0, 0.05) is 38.7 Å². The van der Waals surface area contributed by atoms with E-state index in [1.807, 2.05) is 6.08 Å². The summed E-state index contributed by atoms with van der Waals surface area (Å²) >= 11 is 0. The molecule has 1 amide bonds. The third kappa shape index (κ3) is 14.7. The number of carbonyl (C=O) groups excluding carboxylic acids is 1. The number of halogens is 3. The van der Waals surface area contributed by atoms with Gasteiger partial charge in [-0.3, -0.25) is 9.79 Å². The average molecular weight is 630 g/mol. The maximum absolute atomic E-state index is 14.1. The number of amides is 1. The van der Waals surface area contributed by atoms with E-state index in [0.29, 0.717) is 32.0 Å². The molecule has 1 fully saturated rings. The van der Waals surface area contributed by atoms with E-state index in [1.54, 1.807) is 4.90 Å². The van der Waals surface area contributed by atoms with Crippen LogP contribution in [0.2, 0.25) is 0 Å². The number of rotatable bonds is 13. The van der Waals surface area contributed by atoms with E-state index in [9.17, 15) is 18.0 Å². The molecule has 0 aliphatic carbocycles. The summed E-state index contributed by atoms with van der Waals surface area (Å²) in [7, 11) is 3.75. The zero-order chi connectivity index (χ0) is 33.8. The molecule has 0 aromatic rings. The molecule has 0 aromatic heterocycles. The molecule has 2 aliphatic rings. The Hall–Kier alpha value is -2.20. The van der Waals surface area contributed by atoms with Crippen LogP contribution in [0.25, 0.3) is 0 Å². The molecule has 44 heavy (non-hydrogen) atoms. The van der Waals surface area contributed by atoms with Gasteiger partial charge < -0.3 is 20.4 Å². The number of alkyl halides is 3. The van der Waals surface area contributed by atoms with E-state index in [-0.39, 0.29) is 18.5 Å². The Labute approximate surface area is 266 Å². The molecule has 3 atom stereocenters. The number of quaternary nitrogens is 1. The van der Waals surface area contributed by atoms with Crippen LogP contribution in [0.1, 0.15) is 112 Å². The van der Waals surface area contributed by atoms with Crippen LogP contribution in [0.4, 0.5) is 13.2 Å². The first-order valence-corrected chi connectivity index (χ1v) is 16.8. The van der Waals surface area contributed by atoms with Crippen molar-refractivity contribution in [3.63, 3.8) is 0 Å². The third-order valence-corrected chi connectivity index (χ3v) is 8.26. The first kappa shape index (κ1) is 41.8. The molecular weight excluding hydrogens is 565 g/mol. The molecule has 2 rings (SSSR count). The lowest BCUT2D eigenvalue weighted by Crippen LogP contribution is -2.61. The summed E-state index contributed by atoms with van der Waals surface area (Å²) < 4.78 is 43.0. The number of amidine groups is 1. The number of nitrogens with zero attached hydrogens (tertiary/aromatic N) is 4. The van der Waals surface area contributed by atoms with Gasteiger partial charge in [0.2, 0.25) is 5.91 Å². The van der Waals surface area contributed by atoms with Crippen LogP contribution in [-0.4, -0.2) is 86.4 Å². The van der Waals surface area contributed by atoms with Gasteiger partial charge in [0.1, 0.15) is 11.6 Å². The molecule has 0 aromatic carbocycles. The molecule has 2 heterocycles. The highest BCUT2D eigenvalue weighted by Crippen LogP contribution is 2.32. The second kappa shape index (κ2) is 22.3. The Morgan fingerprint density at radius 1 is 1.16 bits per heavy atom. The summed E-state index contributed by atoms with van der Waals surface area (Å²) in [4.78, 5) is 21.7. The Kier molecular flexibility index (Phi) is 21.2. The van der Waals surface area contributed by atoms with Crippen molar-refractivity contribution in [3.8, 4) is 0 Å². The molecule has 256 valence electrons. The number of likely N-dealkylation sites (tertiary alicyclic amines) is 1. The molecule has 0 spiro atoms. The summed E-state index contributed by atoms with van der Waals surface area (Å²) in [6.45, 7) is 18.7. The minimum atomic E-state index is -4.63. The Bertz CT molecular complexity index is 912. The van der Waals surface area contributed by atoms with Crippen LogP contribution in [-0.2, 0) is 4.79 Å². The van der Waals surface area contributed by atoms with Crippen molar-refractivity contribution in [2.24, 2.45) is 21.6 Å². The van der Waals surface area contributed by atoms with E-state index in [1.165, 1.54) is 7.05 Å². The van der Waals surface area contributed by atoms with Crippen molar-refractivity contribution in [2.75, 3.05) is 40.3 Å². The maximum Gasteiger partial charge on any atom is 0.421 e. The number of likely N-dealkylation sites (N-methyl/N-ethyl adjacent to an activating group) is 1. The topological polar surface area (TPSA) is 83.1 Å². The molecule has 2 aliphatic heterocycles. The molecule has 0 bridgehead atoms. The predicted molar refractivity (Wildman–Crippen MR) is 181 cm³/mol. The highest BCUT2D eigenvalue weighted by molar-refractivity contribution is 6.02. The number of aliphatic imine (C=N–C) groups is 2. The normalized spacial score (nSPS) is 22.2. The minimum Gasteiger partial charge on any atom is -0.360 e. The number of nitrogens with one attached hydrogen (secondary N) is 1. The van der Waals surface area contributed by atoms with Crippen LogP contribution >= 0.6 is 0 Å². The first-order valence-electron chi connectivity index (χ1n) is 16.8. The van der Waals surface area contributed by atoms with Crippen molar-refractivity contribution in [1.29, 1.82) is 0 Å². The SMILES string of the molecule is C=NC(=NCCCN1CCCCCC1=O)/C(=C\NC1=CCC[N+](C)(C(CCC)CCCC)C1C)C(F)(F)F.CC(C)C.CN. The number of nitrogens with two attached hydrogens (primary N) is 1. The van der Waals surface area contributed by atoms with Crippen molar-refractivity contribution >= 4 is 18.5 Å². The summed E-state index contributed by atoms with van der Waals surface area (Å²) in [5.74, 6) is 0.532. The molecule has 0 radical (unpaired) electrons. The highest BCUT2D eigenvalue weighted by atomic mass is 19.4. The largest absolute Gasteiger partial charge is 0.421 e. The van der Waals surface area contributed by atoms with E-state index in [2.05, 4.69) is 76.3 Å². The molecule has 7 nitrogen and oxygen atoms in total. The van der Waals surface area contributed by atoms with Gasteiger partial charge in [-0.05, 0) is 65.1 Å². The summed E-state index contributed by atoms with van der Waals surface area (Å²) in [5, 5.41) is 3.00. The zero-order valence-electron chi connectivity index (χ0n) is 29.1. The summed E-state index contributed by atoms with van der Waals surface area (Å²) in [5.41, 5.74) is 4.38. The van der Waals surface area contributed by atoms with Crippen molar-refractivity contribution < 1.29 is 22.4 Å². The fraction of sp³-hybridized carbons (Fsp3) is 0.794. The van der Waals surface area contributed by atoms with Crippen molar-refractivity contribution in [2.45, 2.75) is 130 Å². The van der Waals surface area contributed by atoms with Gasteiger partial charge in [-0.2, -0.15) is 13.2 Å². The van der Waals surface area contributed by atoms with Gasteiger partial charge in [-0.25, -0.2) is 4.99 Å². The number of unbranched alkanes of at least 4 members (excludes halogenated alkanes) is 1. The fourth-order valence-corrected chi connectivity index (χ4v) is 5.74. The lowest BCUT2D eigenvalue weighted by atomic mass is 9.94. The highest BCUT2D eigenvalue weighted by Gasteiger charge is 2.41. The van der Waals surface area contributed by atoms with Gasteiger partial charge in [-0.1, -0.05) is 60.0 Å². The molecule has 10 heteroatoms. The molecule has 3 unspecified atom stereocenters. The van der Waals surface area contributed by atoms with E-state index >= 15 is 0 Å². The van der Waals surface area contributed by atoms with Gasteiger partial charge in [0.05, 0.1) is 25.3 Å². The maximum atomic E-state index is 14.1. The summed E-state index contributed by atoms with van der Waals surface area (Å²) in [6.07, 6.45) is 8.76. The molecule has 1 saturated heterocycles. The standard InChI is InChI=1S/C29H49F3N5O.C4H10.CH5N/c1-6-8-15-24(14-7-2)37(5)21-12-16-26(23(37)3)35-22-25(29(30,31)32)28(33-4)34-18-13-20-36-19-11-9-10-17-27(36)38;1-4(2)3;1-2/h16,22-24,35H,4,6-15,17-21H2,1-3,5H3;4H,1-3H3;2H2,1H3/q+1;;/b25-22+,34-28?;;. The van der Waals surface area contributed by atoms with Crippen molar-refractivity contribution in [1.82, 2.24) is 10.2 Å².